The van der Waals surface area contributed by atoms with Crippen LogP contribution in [0.25, 0.3) is 21.0 Å². The maximum atomic E-state index is 14.0. The predicted octanol–water partition coefficient (Wildman–Crippen LogP) is 4.84. The van der Waals surface area contributed by atoms with Crippen LogP contribution in [0.1, 0.15) is 16.8 Å². The van der Waals surface area contributed by atoms with E-state index in [2.05, 4.69) is 4.90 Å². The van der Waals surface area contributed by atoms with E-state index in [0.29, 0.717) is 28.5 Å². The van der Waals surface area contributed by atoms with Gasteiger partial charge in [-0.05, 0) is 35.4 Å². The van der Waals surface area contributed by atoms with E-state index in [0.717, 1.165) is 60.5 Å². The zero-order valence-corrected chi connectivity index (χ0v) is 20.8. The molecule has 0 saturated carbocycles. The van der Waals surface area contributed by atoms with Gasteiger partial charge in [0.2, 0.25) is 0 Å². The quantitative estimate of drug-likeness (QED) is 0.352. The van der Waals surface area contributed by atoms with Gasteiger partial charge in [0.15, 0.2) is 5.13 Å². The van der Waals surface area contributed by atoms with E-state index in [1.165, 1.54) is 11.3 Å². The second kappa shape index (κ2) is 10.6. The number of thiazole rings is 1. The first-order valence-electron chi connectivity index (χ1n) is 11.8. The molecule has 182 valence electrons. The summed E-state index contributed by atoms with van der Waals surface area (Å²) in [5.41, 5.74) is 1.38. The van der Waals surface area contributed by atoms with Gasteiger partial charge in [-0.3, -0.25) is 14.6 Å². The number of benzene rings is 3. The molecule has 0 atom stereocenters. The number of hydrogen-bond donors (Lipinski definition) is 0. The summed E-state index contributed by atoms with van der Waals surface area (Å²) in [5, 5.41) is 2.62. The Hall–Kier alpha value is -3.20. The Morgan fingerprint density at radius 1 is 1.03 bits per heavy atom. The molecule has 1 amide bonds. The summed E-state index contributed by atoms with van der Waals surface area (Å²) in [6, 6.07) is 17.6. The summed E-state index contributed by atoms with van der Waals surface area (Å²) in [5.74, 6) is 1.32. The molecule has 0 spiro atoms. The highest BCUT2D eigenvalue weighted by Crippen LogP contribution is 2.40. The third-order valence-electron chi connectivity index (χ3n) is 6.35. The van der Waals surface area contributed by atoms with Gasteiger partial charge in [0, 0.05) is 31.7 Å². The molecular weight excluding hydrogens is 462 g/mol. The van der Waals surface area contributed by atoms with Gasteiger partial charge in [0.05, 0.1) is 27.4 Å². The maximum Gasteiger partial charge on any atom is 0.260 e. The van der Waals surface area contributed by atoms with Crippen LogP contribution >= 0.6 is 11.3 Å². The Labute approximate surface area is 208 Å². The lowest BCUT2D eigenvalue weighted by atomic mass is 10.0. The molecule has 0 N–H and O–H groups in total. The number of carbonyl (C=O) groups excluding carboxylic acids is 1. The van der Waals surface area contributed by atoms with E-state index in [1.807, 2.05) is 59.5 Å². The van der Waals surface area contributed by atoms with Crippen molar-refractivity contribution in [1.82, 2.24) is 9.88 Å². The number of anilines is 1. The van der Waals surface area contributed by atoms with E-state index in [-0.39, 0.29) is 5.91 Å². The molecule has 1 saturated heterocycles. The Balaban J connectivity index is 1.52. The highest BCUT2D eigenvalue weighted by Gasteiger charge is 2.25. The summed E-state index contributed by atoms with van der Waals surface area (Å²) in [7, 11) is 3.27. The van der Waals surface area contributed by atoms with Gasteiger partial charge in [-0.1, -0.05) is 47.7 Å². The average Bonchev–Trinajstić information content (AvgIpc) is 3.35. The van der Waals surface area contributed by atoms with Crippen molar-refractivity contribution in [3.8, 4) is 11.5 Å². The molecule has 1 fully saturated rings. The molecule has 2 heterocycles. The average molecular weight is 492 g/mol. The van der Waals surface area contributed by atoms with Crippen LogP contribution in [0.2, 0.25) is 0 Å². The third kappa shape index (κ3) is 4.82. The van der Waals surface area contributed by atoms with Crippen molar-refractivity contribution < 1.29 is 19.0 Å². The van der Waals surface area contributed by atoms with Crippen LogP contribution in [0.4, 0.5) is 5.13 Å². The fourth-order valence-corrected chi connectivity index (χ4v) is 5.61. The number of amides is 1. The summed E-state index contributed by atoms with van der Waals surface area (Å²) >= 11 is 1.46. The van der Waals surface area contributed by atoms with E-state index < -0.39 is 0 Å². The van der Waals surface area contributed by atoms with Crippen LogP contribution in [0, 0.1) is 0 Å². The number of methoxy groups -OCH3 is 2. The number of ether oxygens (including phenoxy) is 3. The monoisotopic (exact) mass is 491 g/mol. The second-order valence-corrected chi connectivity index (χ2v) is 9.41. The number of hydrogen-bond acceptors (Lipinski definition) is 7. The number of rotatable bonds is 8. The van der Waals surface area contributed by atoms with Gasteiger partial charge in [-0.25, -0.2) is 4.98 Å². The molecule has 0 bridgehead atoms. The number of fused-ring (bicyclic) bond motifs is 2. The first kappa shape index (κ1) is 23.5. The van der Waals surface area contributed by atoms with Crippen LogP contribution < -0.4 is 14.4 Å². The van der Waals surface area contributed by atoms with E-state index in [9.17, 15) is 4.79 Å². The van der Waals surface area contributed by atoms with Crippen molar-refractivity contribution in [1.29, 1.82) is 0 Å². The molecule has 7 nitrogen and oxygen atoms in total. The first-order chi connectivity index (χ1) is 17.2. The van der Waals surface area contributed by atoms with Crippen molar-refractivity contribution in [3.05, 3.63) is 60.2 Å². The van der Waals surface area contributed by atoms with Gasteiger partial charge >= 0.3 is 0 Å². The minimum absolute atomic E-state index is 0.0548. The predicted molar refractivity (Wildman–Crippen MR) is 140 cm³/mol. The van der Waals surface area contributed by atoms with Crippen molar-refractivity contribution in [2.45, 2.75) is 6.42 Å². The van der Waals surface area contributed by atoms with Crippen molar-refractivity contribution >= 4 is 43.4 Å². The third-order valence-corrected chi connectivity index (χ3v) is 7.45. The Morgan fingerprint density at radius 2 is 1.77 bits per heavy atom. The van der Waals surface area contributed by atoms with E-state index in [4.69, 9.17) is 19.2 Å². The number of aromatic nitrogens is 1. The Bertz CT molecular complexity index is 1290. The summed E-state index contributed by atoms with van der Waals surface area (Å²) in [6.45, 7) is 4.83. The van der Waals surface area contributed by atoms with Gasteiger partial charge < -0.3 is 14.2 Å². The highest BCUT2D eigenvalue weighted by molar-refractivity contribution is 7.22. The minimum Gasteiger partial charge on any atom is -0.495 e. The van der Waals surface area contributed by atoms with Crippen LogP contribution in [-0.4, -0.2) is 69.4 Å². The molecule has 1 aliphatic rings. The molecular formula is C27H29N3O4S. The van der Waals surface area contributed by atoms with Crippen molar-refractivity contribution in [2.24, 2.45) is 0 Å². The van der Waals surface area contributed by atoms with Crippen LogP contribution in [0.3, 0.4) is 0 Å². The number of carbonyl (C=O) groups is 1. The second-order valence-electron chi connectivity index (χ2n) is 8.44. The van der Waals surface area contributed by atoms with Crippen molar-refractivity contribution in [3.63, 3.8) is 0 Å². The summed E-state index contributed by atoms with van der Waals surface area (Å²) in [6.07, 6.45) is 0.834. The van der Waals surface area contributed by atoms with Crippen LogP contribution in [0.15, 0.2) is 54.6 Å². The molecule has 0 unspecified atom stereocenters. The molecule has 5 rings (SSSR count). The van der Waals surface area contributed by atoms with E-state index in [1.54, 1.807) is 14.2 Å². The highest BCUT2D eigenvalue weighted by atomic mass is 32.1. The van der Waals surface area contributed by atoms with Gasteiger partial charge in [-0.2, -0.15) is 0 Å². The van der Waals surface area contributed by atoms with Gasteiger partial charge in [0.1, 0.15) is 21.7 Å². The lowest BCUT2D eigenvalue weighted by molar-refractivity contribution is 0.0376. The molecule has 0 aliphatic carbocycles. The Kier molecular flexibility index (Phi) is 7.13. The molecule has 4 aromatic rings. The maximum absolute atomic E-state index is 14.0. The zero-order valence-electron chi connectivity index (χ0n) is 20.0. The SMILES string of the molecule is COc1ccc(OC)c2sc(N(CCCN3CCOCC3)C(=O)c3cccc4ccccc34)nc12. The molecule has 1 aromatic heterocycles. The Morgan fingerprint density at radius 3 is 2.57 bits per heavy atom. The van der Waals surface area contributed by atoms with Gasteiger partial charge in [-0.15, -0.1) is 0 Å². The van der Waals surface area contributed by atoms with Gasteiger partial charge in [0.25, 0.3) is 5.91 Å². The van der Waals surface area contributed by atoms with Crippen molar-refractivity contribution in [2.75, 3.05) is 58.5 Å². The smallest absolute Gasteiger partial charge is 0.260 e. The molecule has 8 heteroatoms. The molecule has 0 radical (unpaired) electrons. The molecule has 3 aromatic carbocycles. The first-order valence-corrected chi connectivity index (χ1v) is 12.6. The summed E-state index contributed by atoms with van der Waals surface area (Å²) < 4.78 is 17.5. The fourth-order valence-electron chi connectivity index (χ4n) is 4.51. The van der Waals surface area contributed by atoms with Crippen LogP contribution in [-0.2, 0) is 4.74 Å². The fraction of sp³-hybridized carbons (Fsp3) is 0.333. The standard InChI is InChI=1S/C27H29N3O4S/c1-32-22-11-12-23(33-2)25-24(22)28-27(35-25)30(14-6-13-29-15-17-34-18-16-29)26(31)21-10-5-8-19-7-3-4-9-20(19)21/h3-5,7-12H,6,13-18H2,1-2H3. The summed E-state index contributed by atoms with van der Waals surface area (Å²) in [4.78, 5) is 23.1. The molecule has 1 aliphatic heterocycles. The zero-order chi connectivity index (χ0) is 24.2. The normalized spacial score (nSPS) is 14.3. The largest absolute Gasteiger partial charge is 0.495 e. The topological polar surface area (TPSA) is 64.1 Å². The number of morpholine rings is 1. The van der Waals surface area contributed by atoms with E-state index >= 15 is 0 Å². The molecule has 35 heavy (non-hydrogen) atoms. The lowest BCUT2D eigenvalue weighted by Crippen LogP contribution is -2.39. The minimum atomic E-state index is -0.0548. The van der Waals surface area contributed by atoms with Crippen LogP contribution in [0.5, 0.6) is 11.5 Å². The number of nitrogens with zero attached hydrogens (tertiary/aromatic N) is 3. The lowest BCUT2D eigenvalue weighted by Gasteiger charge is -2.28.